The highest BCUT2D eigenvalue weighted by molar-refractivity contribution is 7.09. The van der Waals surface area contributed by atoms with Crippen LogP contribution >= 0.6 is 11.3 Å². The molecule has 0 spiro atoms. The van der Waals surface area contributed by atoms with E-state index in [0.717, 1.165) is 4.88 Å². The third-order valence-electron chi connectivity index (χ3n) is 1.62. The molecule has 0 unspecified atom stereocenters. The van der Waals surface area contributed by atoms with Crippen molar-refractivity contribution in [1.82, 2.24) is 10.6 Å². The average molecular weight is 224 g/mol. The maximum atomic E-state index is 11.2. The van der Waals surface area contributed by atoms with Gasteiger partial charge in [-0.25, -0.2) is 0 Å². The van der Waals surface area contributed by atoms with Crippen LogP contribution in [0.3, 0.4) is 0 Å². The second-order valence-corrected chi connectivity index (χ2v) is 3.79. The van der Waals surface area contributed by atoms with Gasteiger partial charge in [0.15, 0.2) is 0 Å². The molecule has 5 heteroatoms. The number of hydrogen-bond acceptors (Lipinski definition) is 3. The summed E-state index contributed by atoms with van der Waals surface area (Å²) in [6.07, 6.45) is 1.52. The van der Waals surface area contributed by atoms with Crippen LogP contribution < -0.4 is 10.6 Å². The van der Waals surface area contributed by atoms with Crippen molar-refractivity contribution in [3.05, 3.63) is 35.0 Å². The topological polar surface area (TPSA) is 58.2 Å². The van der Waals surface area contributed by atoms with E-state index < -0.39 is 11.8 Å². The zero-order valence-corrected chi connectivity index (χ0v) is 8.97. The van der Waals surface area contributed by atoms with E-state index in [4.69, 9.17) is 0 Å². The summed E-state index contributed by atoms with van der Waals surface area (Å²) in [5, 5.41) is 6.83. The van der Waals surface area contributed by atoms with Crippen molar-refractivity contribution in [2.75, 3.05) is 6.54 Å². The van der Waals surface area contributed by atoms with E-state index in [1.54, 1.807) is 0 Å². The van der Waals surface area contributed by atoms with Crippen molar-refractivity contribution in [3.63, 3.8) is 0 Å². The maximum absolute atomic E-state index is 11.2. The summed E-state index contributed by atoms with van der Waals surface area (Å²) in [5.41, 5.74) is 0. The predicted octanol–water partition coefficient (Wildman–Crippen LogP) is 0.666. The van der Waals surface area contributed by atoms with Crippen molar-refractivity contribution in [2.24, 2.45) is 0 Å². The molecule has 0 saturated heterocycles. The minimum atomic E-state index is -0.633. The molecule has 0 fully saturated rings. The van der Waals surface area contributed by atoms with E-state index in [2.05, 4.69) is 17.2 Å². The number of nitrogens with one attached hydrogen (secondary N) is 2. The molecule has 80 valence electrons. The van der Waals surface area contributed by atoms with E-state index >= 15 is 0 Å². The molecule has 0 saturated carbocycles. The maximum Gasteiger partial charge on any atom is 0.309 e. The SMILES string of the molecule is C=CCNC(=O)C(=O)NCc1cccs1. The smallest absolute Gasteiger partial charge is 0.309 e. The fourth-order valence-corrected chi connectivity index (χ4v) is 1.55. The van der Waals surface area contributed by atoms with Crippen LogP contribution in [-0.2, 0) is 16.1 Å². The van der Waals surface area contributed by atoms with E-state index in [-0.39, 0.29) is 0 Å². The van der Waals surface area contributed by atoms with Crippen molar-refractivity contribution < 1.29 is 9.59 Å². The molecular weight excluding hydrogens is 212 g/mol. The predicted molar refractivity (Wildman–Crippen MR) is 59.4 cm³/mol. The van der Waals surface area contributed by atoms with E-state index in [1.807, 2.05) is 17.5 Å². The number of hydrogen-bond donors (Lipinski definition) is 2. The Hall–Kier alpha value is -1.62. The van der Waals surface area contributed by atoms with Crippen molar-refractivity contribution in [1.29, 1.82) is 0 Å². The van der Waals surface area contributed by atoms with Gasteiger partial charge in [0.05, 0.1) is 6.54 Å². The standard InChI is InChI=1S/C10H12N2O2S/c1-2-5-11-9(13)10(14)12-7-8-4-3-6-15-8/h2-4,6H,1,5,7H2,(H,11,13)(H,12,14). The lowest BCUT2D eigenvalue weighted by molar-refractivity contribution is -0.139. The lowest BCUT2D eigenvalue weighted by Gasteiger charge is -2.03. The summed E-state index contributed by atoms with van der Waals surface area (Å²) in [6, 6.07) is 3.79. The van der Waals surface area contributed by atoms with Gasteiger partial charge < -0.3 is 10.6 Å². The number of carbonyl (C=O) groups excluding carboxylic acids is 2. The third kappa shape index (κ3) is 3.95. The molecule has 0 aliphatic rings. The highest BCUT2D eigenvalue weighted by atomic mass is 32.1. The average Bonchev–Trinajstić information content (AvgIpc) is 2.75. The van der Waals surface area contributed by atoms with Crippen LogP contribution in [0.2, 0.25) is 0 Å². The zero-order valence-electron chi connectivity index (χ0n) is 8.16. The van der Waals surface area contributed by atoms with Crippen molar-refractivity contribution in [2.45, 2.75) is 6.54 Å². The molecule has 0 radical (unpaired) electrons. The molecule has 0 bridgehead atoms. The molecule has 2 amide bonds. The molecule has 0 aliphatic carbocycles. The van der Waals surface area contributed by atoms with Crippen LogP contribution in [0.4, 0.5) is 0 Å². The van der Waals surface area contributed by atoms with E-state index in [1.165, 1.54) is 17.4 Å². The normalized spacial score (nSPS) is 9.33. The molecule has 0 aliphatic heterocycles. The summed E-state index contributed by atoms with van der Waals surface area (Å²) in [6.45, 7) is 4.12. The monoisotopic (exact) mass is 224 g/mol. The first kappa shape index (κ1) is 11.5. The molecule has 1 aromatic rings. The quantitative estimate of drug-likeness (QED) is 0.583. The third-order valence-corrected chi connectivity index (χ3v) is 2.49. The molecule has 1 aromatic heterocycles. The number of amides is 2. The molecular formula is C10H12N2O2S. The van der Waals surface area contributed by atoms with Crippen LogP contribution in [0.5, 0.6) is 0 Å². The van der Waals surface area contributed by atoms with Crippen LogP contribution in [-0.4, -0.2) is 18.4 Å². The van der Waals surface area contributed by atoms with Gasteiger partial charge >= 0.3 is 11.8 Å². The Morgan fingerprint density at radius 2 is 2.13 bits per heavy atom. The summed E-state index contributed by atoms with van der Waals surface area (Å²) in [7, 11) is 0. The van der Waals surface area contributed by atoms with E-state index in [0.29, 0.717) is 13.1 Å². The Balaban J connectivity index is 2.29. The highest BCUT2D eigenvalue weighted by Gasteiger charge is 2.11. The van der Waals surface area contributed by atoms with Gasteiger partial charge in [0.2, 0.25) is 0 Å². The lowest BCUT2D eigenvalue weighted by Crippen LogP contribution is -2.39. The van der Waals surface area contributed by atoms with Gasteiger partial charge in [0.25, 0.3) is 0 Å². The number of rotatable bonds is 4. The highest BCUT2D eigenvalue weighted by Crippen LogP contribution is 2.06. The second kappa shape index (κ2) is 5.98. The number of thiophene rings is 1. The molecule has 4 nitrogen and oxygen atoms in total. The fourth-order valence-electron chi connectivity index (χ4n) is 0.906. The summed E-state index contributed by atoms with van der Waals surface area (Å²) < 4.78 is 0. The Morgan fingerprint density at radius 1 is 1.40 bits per heavy atom. The van der Waals surface area contributed by atoms with Gasteiger partial charge in [-0.15, -0.1) is 17.9 Å². The Kier molecular flexibility index (Phi) is 4.56. The molecule has 15 heavy (non-hydrogen) atoms. The molecule has 0 aromatic carbocycles. The fraction of sp³-hybridized carbons (Fsp3) is 0.200. The van der Waals surface area contributed by atoms with Gasteiger partial charge in [0.1, 0.15) is 0 Å². The summed E-state index contributed by atoms with van der Waals surface area (Å²) >= 11 is 1.53. The summed E-state index contributed by atoms with van der Waals surface area (Å²) in [5.74, 6) is -1.25. The molecule has 2 N–H and O–H groups in total. The van der Waals surface area contributed by atoms with Crippen LogP contribution in [0.1, 0.15) is 4.88 Å². The van der Waals surface area contributed by atoms with Gasteiger partial charge in [0, 0.05) is 11.4 Å². The van der Waals surface area contributed by atoms with Gasteiger partial charge in [-0.1, -0.05) is 12.1 Å². The first-order chi connectivity index (χ1) is 7.24. The Bertz CT molecular complexity index is 346. The minimum Gasteiger partial charge on any atom is -0.344 e. The Morgan fingerprint density at radius 3 is 2.73 bits per heavy atom. The van der Waals surface area contributed by atoms with E-state index in [9.17, 15) is 9.59 Å². The van der Waals surface area contributed by atoms with Gasteiger partial charge in [-0.2, -0.15) is 0 Å². The first-order valence-electron chi connectivity index (χ1n) is 4.43. The van der Waals surface area contributed by atoms with Gasteiger partial charge in [-0.05, 0) is 11.4 Å². The van der Waals surface area contributed by atoms with Crippen molar-refractivity contribution in [3.8, 4) is 0 Å². The summed E-state index contributed by atoms with van der Waals surface area (Å²) in [4.78, 5) is 23.3. The largest absolute Gasteiger partial charge is 0.344 e. The van der Waals surface area contributed by atoms with Crippen LogP contribution in [0, 0.1) is 0 Å². The van der Waals surface area contributed by atoms with Crippen LogP contribution in [0.25, 0.3) is 0 Å². The van der Waals surface area contributed by atoms with Gasteiger partial charge in [-0.3, -0.25) is 9.59 Å². The zero-order chi connectivity index (χ0) is 11.1. The first-order valence-corrected chi connectivity index (χ1v) is 5.31. The number of carbonyl (C=O) groups is 2. The minimum absolute atomic E-state index is 0.297. The molecule has 0 atom stereocenters. The second-order valence-electron chi connectivity index (χ2n) is 2.76. The Labute approximate surface area is 92.0 Å². The van der Waals surface area contributed by atoms with Crippen molar-refractivity contribution >= 4 is 23.2 Å². The molecule has 1 heterocycles. The molecule has 1 rings (SSSR count). The van der Waals surface area contributed by atoms with Crippen LogP contribution in [0.15, 0.2) is 30.2 Å². The lowest BCUT2D eigenvalue weighted by atomic mass is 10.4.